The number of aromatic amines is 1. The lowest BCUT2D eigenvalue weighted by atomic mass is 9.82. The Hall–Kier alpha value is -2.76. The molecule has 0 fully saturated rings. The van der Waals surface area contributed by atoms with Crippen LogP contribution in [0.1, 0.15) is 57.0 Å². The molecule has 6 nitrogen and oxygen atoms in total. The van der Waals surface area contributed by atoms with E-state index in [1.807, 2.05) is 12.1 Å². The molecule has 0 saturated carbocycles. The van der Waals surface area contributed by atoms with E-state index in [1.54, 1.807) is 10.7 Å². The second kappa shape index (κ2) is 6.44. The van der Waals surface area contributed by atoms with E-state index in [4.69, 9.17) is 10.7 Å². The predicted molar refractivity (Wildman–Crippen MR) is 110 cm³/mol. The summed E-state index contributed by atoms with van der Waals surface area (Å²) in [6, 6.07) is 8.20. The SMILES string of the molecule is Cc1ccc(-c2nc3c(C(N)=O)c[nH]n3c2NC(C)(C)CC(C)(C)C)cc1. The minimum atomic E-state index is -0.498. The number of H-pyrrole nitrogens is 1. The lowest BCUT2D eigenvalue weighted by Gasteiger charge is -2.34. The van der Waals surface area contributed by atoms with Gasteiger partial charge in [-0.25, -0.2) is 9.50 Å². The molecule has 27 heavy (non-hydrogen) atoms. The summed E-state index contributed by atoms with van der Waals surface area (Å²) in [7, 11) is 0. The highest BCUT2D eigenvalue weighted by Gasteiger charge is 2.29. The van der Waals surface area contributed by atoms with Crippen molar-refractivity contribution >= 4 is 17.4 Å². The summed E-state index contributed by atoms with van der Waals surface area (Å²) in [5.41, 5.74) is 9.39. The number of hydrogen-bond acceptors (Lipinski definition) is 3. The molecule has 0 radical (unpaired) electrons. The van der Waals surface area contributed by atoms with Crippen LogP contribution < -0.4 is 11.1 Å². The highest BCUT2D eigenvalue weighted by molar-refractivity contribution is 5.99. The topological polar surface area (TPSA) is 88.2 Å². The average molecular weight is 367 g/mol. The van der Waals surface area contributed by atoms with Crippen LogP contribution in [0.15, 0.2) is 30.5 Å². The molecule has 1 amide bonds. The molecule has 0 unspecified atom stereocenters. The molecule has 0 atom stereocenters. The summed E-state index contributed by atoms with van der Waals surface area (Å²) < 4.78 is 1.81. The van der Waals surface area contributed by atoms with Crippen molar-refractivity contribution in [2.24, 2.45) is 11.1 Å². The van der Waals surface area contributed by atoms with E-state index in [1.165, 1.54) is 5.56 Å². The number of hydrogen-bond donors (Lipinski definition) is 3. The number of nitrogens with zero attached hydrogens (tertiary/aromatic N) is 2. The van der Waals surface area contributed by atoms with Crippen molar-refractivity contribution in [1.29, 1.82) is 0 Å². The van der Waals surface area contributed by atoms with E-state index in [0.29, 0.717) is 11.2 Å². The van der Waals surface area contributed by atoms with Crippen LogP contribution in [-0.2, 0) is 0 Å². The number of rotatable bonds is 5. The van der Waals surface area contributed by atoms with Crippen LogP contribution in [-0.4, -0.2) is 26.0 Å². The zero-order valence-corrected chi connectivity index (χ0v) is 17.0. The summed E-state index contributed by atoms with van der Waals surface area (Å²) in [5, 5.41) is 6.76. The maximum absolute atomic E-state index is 11.8. The van der Waals surface area contributed by atoms with Crippen molar-refractivity contribution in [3.63, 3.8) is 0 Å². The number of anilines is 1. The van der Waals surface area contributed by atoms with Crippen molar-refractivity contribution in [2.45, 2.75) is 53.5 Å². The Kier molecular flexibility index (Phi) is 4.54. The highest BCUT2D eigenvalue weighted by Crippen LogP contribution is 2.35. The summed E-state index contributed by atoms with van der Waals surface area (Å²) in [6.45, 7) is 13.1. The van der Waals surface area contributed by atoms with Gasteiger partial charge in [-0.1, -0.05) is 50.6 Å². The molecule has 6 heteroatoms. The number of nitrogens with two attached hydrogens (primary N) is 1. The normalized spacial score (nSPS) is 12.5. The number of aryl methyl sites for hydroxylation is 1. The molecule has 1 aromatic carbocycles. The number of carbonyl (C=O) groups excluding carboxylic acids is 1. The Balaban J connectivity index is 2.15. The van der Waals surface area contributed by atoms with Gasteiger partial charge in [0.05, 0.1) is 0 Å². The van der Waals surface area contributed by atoms with Crippen LogP contribution in [0.3, 0.4) is 0 Å². The zero-order valence-electron chi connectivity index (χ0n) is 17.0. The molecular weight excluding hydrogens is 338 g/mol. The first-order valence-corrected chi connectivity index (χ1v) is 9.22. The summed E-state index contributed by atoms with van der Waals surface area (Å²) in [6.07, 6.45) is 2.56. The molecule has 0 aliphatic rings. The van der Waals surface area contributed by atoms with Gasteiger partial charge in [-0.3, -0.25) is 9.89 Å². The summed E-state index contributed by atoms with van der Waals surface area (Å²) in [4.78, 5) is 16.5. The number of imidazole rings is 1. The standard InChI is InChI=1S/C21H29N5O/c1-13-7-9-14(10-8-13)16-19(25-21(5,6)12-20(2,3)4)26-18(24-16)15(11-23-26)17(22)27/h7-11,23,25H,12H2,1-6H3,(H2,22,27). The first-order valence-electron chi connectivity index (χ1n) is 9.22. The van der Waals surface area contributed by atoms with Gasteiger partial charge in [-0.2, -0.15) is 0 Å². The van der Waals surface area contributed by atoms with Crippen LogP contribution in [0.2, 0.25) is 0 Å². The van der Waals surface area contributed by atoms with E-state index in [-0.39, 0.29) is 11.0 Å². The Labute approximate surface area is 160 Å². The second-order valence-corrected chi connectivity index (χ2v) is 9.13. The second-order valence-electron chi connectivity index (χ2n) is 9.13. The monoisotopic (exact) mass is 367 g/mol. The number of aromatic nitrogens is 3. The van der Waals surface area contributed by atoms with Gasteiger partial charge in [-0.15, -0.1) is 0 Å². The fraction of sp³-hybridized carbons (Fsp3) is 0.429. The number of amides is 1. The number of carbonyl (C=O) groups is 1. The van der Waals surface area contributed by atoms with Gasteiger partial charge in [0.1, 0.15) is 11.3 Å². The summed E-state index contributed by atoms with van der Waals surface area (Å²) in [5.74, 6) is 0.331. The number of benzene rings is 1. The molecule has 144 valence electrons. The first-order chi connectivity index (χ1) is 12.5. The van der Waals surface area contributed by atoms with E-state index < -0.39 is 5.91 Å². The maximum Gasteiger partial charge on any atom is 0.254 e. The maximum atomic E-state index is 11.8. The molecule has 0 spiro atoms. The number of primary amides is 1. The molecule has 2 aromatic heterocycles. The van der Waals surface area contributed by atoms with E-state index in [9.17, 15) is 4.79 Å². The highest BCUT2D eigenvalue weighted by atomic mass is 16.1. The van der Waals surface area contributed by atoms with E-state index in [0.717, 1.165) is 23.5 Å². The third kappa shape index (κ3) is 3.99. The average Bonchev–Trinajstić information content (AvgIpc) is 3.06. The summed E-state index contributed by atoms with van der Waals surface area (Å²) >= 11 is 0. The Morgan fingerprint density at radius 3 is 2.37 bits per heavy atom. The minimum Gasteiger partial charge on any atom is -0.365 e. The number of nitrogens with one attached hydrogen (secondary N) is 2. The third-order valence-corrected chi connectivity index (χ3v) is 4.48. The number of fused-ring (bicyclic) bond motifs is 1. The fourth-order valence-corrected chi connectivity index (χ4v) is 3.82. The molecule has 0 bridgehead atoms. The van der Waals surface area contributed by atoms with Crippen molar-refractivity contribution < 1.29 is 4.79 Å². The van der Waals surface area contributed by atoms with Crippen molar-refractivity contribution in [3.8, 4) is 11.3 Å². The zero-order chi connectivity index (χ0) is 20.0. The smallest absolute Gasteiger partial charge is 0.254 e. The molecule has 0 aliphatic carbocycles. The fourth-order valence-electron chi connectivity index (χ4n) is 3.82. The van der Waals surface area contributed by atoms with Crippen LogP contribution in [0, 0.1) is 12.3 Å². The lowest BCUT2D eigenvalue weighted by Crippen LogP contribution is -2.36. The molecule has 0 aliphatic heterocycles. The largest absolute Gasteiger partial charge is 0.365 e. The van der Waals surface area contributed by atoms with Crippen LogP contribution in [0.4, 0.5) is 5.82 Å². The Morgan fingerprint density at radius 2 is 1.81 bits per heavy atom. The van der Waals surface area contributed by atoms with Crippen molar-refractivity contribution in [1.82, 2.24) is 14.6 Å². The molecule has 4 N–H and O–H groups in total. The van der Waals surface area contributed by atoms with Crippen LogP contribution >= 0.6 is 0 Å². The first kappa shape index (κ1) is 19.0. The van der Waals surface area contributed by atoms with Gasteiger partial charge >= 0.3 is 0 Å². The Morgan fingerprint density at radius 1 is 1.19 bits per heavy atom. The molecule has 3 aromatic rings. The van der Waals surface area contributed by atoms with Crippen molar-refractivity contribution in [3.05, 3.63) is 41.6 Å². The van der Waals surface area contributed by atoms with Crippen LogP contribution in [0.25, 0.3) is 16.9 Å². The van der Waals surface area contributed by atoms with Gasteiger partial charge in [-0.05, 0) is 32.6 Å². The third-order valence-electron chi connectivity index (χ3n) is 4.48. The van der Waals surface area contributed by atoms with E-state index in [2.05, 4.69) is 64.1 Å². The van der Waals surface area contributed by atoms with Gasteiger partial charge < -0.3 is 11.1 Å². The molecule has 2 heterocycles. The molecule has 0 saturated heterocycles. The Bertz CT molecular complexity index is 971. The predicted octanol–water partition coefficient (Wildman–Crippen LogP) is 4.36. The van der Waals surface area contributed by atoms with Crippen LogP contribution in [0.5, 0.6) is 0 Å². The lowest BCUT2D eigenvalue weighted by molar-refractivity contribution is 0.100. The molecule has 3 rings (SSSR count). The van der Waals surface area contributed by atoms with Crippen molar-refractivity contribution in [2.75, 3.05) is 5.32 Å². The molecular formula is C21H29N5O. The van der Waals surface area contributed by atoms with Gasteiger partial charge in [0.25, 0.3) is 5.91 Å². The van der Waals surface area contributed by atoms with E-state index >= 15 is 0 Å². The minimum absolute atomic E-state index is 0.165. The van der Waals surface area contributed by atoms with Gasteiger partial charge in [0, 0.05) is 17.3 Å². The van der Waals surface area contributed by atoms with Gasteiger partial charge in [0.15, 0.2) is 11.5 Å². The van der Waals surface area contributed by atoms with Gasteiger partial charge in [0.2, 0.25) is 0 Å². The quantitative estimate of drug-likeness (QED) is 0.626.